The summed E-state index contributed by atoms with van der Waals surface area (Å²) in [4.78, 5) is 11.1. The molecule has 0 aliphatic rings. The fourth-order valence-electron chi connectivity index (χ4n) is 2.03. The Morgan fingerprint density at radius 2 is 2.05 bits per heavy atom. The van der Waals surface area contributed by atoms with Gasteiger partial charge in [-0.1, -0.05) is 6.07 Å². The molecule has 118 valence electrons. The lowest BCUT2D eigenvalue weighted by Crippen LogP contribution is -2.24. The average Bonchev–Trinajstić information content (AvgIpc) is 2.75. The first kappa shape index (κ1) is 16.2. The van der Waals surface area contributed by atoms with Crippen molar-refractivity contribution in [2.24, 2.45) is 0 Å². The van der Waals surface area contributed by atoms with Crippen molar-refractivity contribution < 1.29 is 13.2 Å². The Hall–Kier alpha value is -2.19. The molecule has 1 aromatic carbocycles. The van der Waals surface area contributed by atoms with Crippen LogP contribution < -0.4 is 10.0 Å². The molecular formula is C14H18N4O3S. The number of sulfonamides is 1. The lowest BCUT2D eigenvalue weighted by Gasteiger charge is -2.09. The number of hydrogen-bond acceptors (Lipinski definition) is 4. The van der Waals surface area contributed by atoms with Crippen LogP contribution in [0.4, 0.5) is 5.69 Å². The smallest absolute Gasteiger partial charge is 0.240 e. The Kier molecular flexibility index (Phi) is 4.62. The first-order valence-corrected chi connectivity index (χ1v) is 8.15. The van der Waals surface area contributed by atoms with Gasteiger partial charge in [-0.05, 0) is 32.0 Å². The van der Waals surface area contributed by atoms with Crippen LogP contribution in [0.15, 0.2) is 29.2 Å². The molecule has 2 aromatic rings. The SMILES string of the molecule is CC(=O)Nc1cccc(S(=O)(=O)NCc2c(C)n[nH]c2C)c1. The molecule has 0 saturated carbocycles. The maximum Gasteiger partial charge on any atom is 0.240 e. The normalized spacial score (nSPS) is 11.4. The third kappa shape index (κ3) is 3.71. The first-order valence-electron chi connectivity index (χ1n) is 6.67. The second kappa shape index (κ2) is 6.29. The zero-order valence-corrected chi connectivity index (χ0v) is 13.4. The number of aromatic nitrogens is 2. The Morgan fingerprint density at radius 1 is 1.32 bits per heavy atom. The van der Waals surface area contributed by atoms with Gasteiger partial charge in [0.15, 0.2) is 0 Å². The van der Waals surface area contributed by atoms with Crippen molar-refractivity contribution in [3.63, 3.8) is 0 Å². The van der Waals surface area contributed by atoms with Crippen LogP contribution in [0.25, 0.3) is 0 Å². The zero-order chi connectivity index (χ0) is 16.3. The van der Waals surface area contributed by atoms with Crippen LogP contribution in [0.3, 0.4) is 0 Å². The van der Waals surface area contributed by atoms with Gasteiger partial charge in [0.05, 0.1) is 10.6 Å². The molecule has 1 aromatic heterocycles. The van der Waals surface area contributed by atoms with Gasteiger partial charge < -0.3 is 5.32 Å². The quantitative estimate of drug-likeness (QED) is 0.775. The number of nitrogens with one attached hydrogen (secondary N) is 3. The Morgan fingerprint density at radius 3 is 2.64 bits per heavy atom. The third-order valence-corrected chi connectivity index (χ3v) is 4.58. The molecule has 2 rings (SSSR count). The van der Waals surface area contributed by atoms with Gasteiger partial charge >= 0.3 is 0 Å². The number of rotatable bonds is 5. The van der Waals surface area contributed by atoms with Crippen molar-refractivity contribution in [2.45, 2.75) is 32.2 Å². The van der Waals surface area contributed by atoms with E-state index in [9.17, 15) is 13.2 Å². The zero-order valence-electron chi connectivity index (χ0n) is 12.6. The molecule has 0 aliphatic carbocycles. The fraction of sp³-hybridized carbons (Fsp3) is 0.286. The number of hydrogen-bond donors (Lipinski definition) is 3. The third-order valence-electron chi connectivity index (χ3n) is 3.18. The predicted molar refractivity (Wildman–Crippen MR) is 82.8 cm³/mol. The second-order valence-electron chi connectivity index (χ2n) is 4.95. The summed E-state index contributed by atoms with van der Waals surface area (Å²) in [5.41, 5.74) is 2.84. The lowest BCUT2D eigenvalue weighted by molar-refractivity contribution is -0.114. The highest BCUT2D eigenvalue weighted by Gasteiger charge is 2.16. The van der Waals surface area contributed by atoms with Gasteiger partial charge in [0.25, 0.3) is 0 Å². The summed E-state index contributed by atoms with van der Waals surface area (Å²) >= 11 is 0. The molecule has 1 heterocycles. The maximum absolute atomic E-state index is 12.3. The number of benzene rings is 1. The summed E-state index contributed by atoms with van der Waals surface area (Å²) < 4.78 is 27.2. The minimum atomic E-state index is -3.67. The van der Waals surface area contributed by atoms with E-state index in [1.165, 1.54) is 19.1 Å². The summed E-state index contributed by atoms with van der Waals surface area (Å²) in [6.07, 6.45) is 0. The van der Waals surface area contributed by atoms with Crippen molar-refractivity contribution in [3.8, 4) is 0 Å². The van der Waals surface area contributed by atoms with E-state index >= 15 is 0 Å². The number of nitrogens with zero attached hydrogens (tertiary/aromatic N) is 1. The lowest BCUT2D eigenvalue weighted by atomic mass is 10.2. The van der Waals surface area contributed by atoms with E-state index in [0.29, 0.717) is 5.69 Å². The molecule has 0 radical (unpaired) electrons. The van der Waals surface area contributed by atoms with Gasteiger partial charge in [0.2, 0.25) is 15.9 Å². The fourth-order valence-corrected chi connectivity index (χ4v) is 3.07. The summed E-state index contributed by atoms with van der Waals surface area (Å²) in [7, 11) is -3.67. The number of amides is 1. The largest absolute Gasteiger partial charge is 0.326 e. The van der Waals surface area contributed by atoms with Gasteiger partial charge in [0, 0.05) is 30.4 Å². The monoisotopic (exact) mass is 322 g/mol. The van der Waals surface area contributed by atoms with Crippen molar-refractivity contribution in [3.05, 3.63) is 41.2 Å². The minimum absolute atomic E-state index is 0.0950. The Labute approximate surface area is 129 Å². The van der Waals surface area contributed by atoms with Gasteiger partial charge in [-0.15, -0.1) is 0 Å². The van der Waals surface area contributed by atoms with Crippen molar-refractivity contribution in [1.82, 2.24) is 14.9 Å². The van der Waals surface area contributed by atoms with Crippen LogP contribution in [0, 0.1) is 13.8 Å². The van der Waals surface area contributed by atoms with Crippen LogP contribution in [-0.4, -0.2) is 24.5 Å². The number of carbonyl (C=O) groups is 1. The van der Waals surface area contributed by atoms with Gasteiger partial charge in [0.1, 0.15) is 0 Å². The molecule has 0 saturated heterocycles. The highest BCUT2D eigenvalue weighted by Crippen LogP contribution is 2.16. The molecule has 1 amide bonds. The number of anilines is 1. The van der Waals surface area contributed by atoms with Gasteiger partial charge in [-0.2, -0.15) is 5.10 Å². The number of H-pyrrole nitrogens is 1. The Balaban J connectivity index is 2.18. The molecule has 0 aliphatic heterocycles. The highest BCUT2D eigenvalue weighted by molar-refractivity contribution is 7.89. The molecule has 22 heavy (non-hydrogen) atoms. The molecule has 0 unspecified atom stereocenters. The van der Waals surface area contributed by atoms with E-state index in [2.05, 4.69) is 20.2 Å². The number of carbonyl (C=O) groups excluding carboxylic acids is 1. The molecule has 3 N–H and O–H groups in total. The van der Waals surface area contributed by atoms with Crippen LogP contribution in [-0.2, 0) is 21.4 Å². The first-order chi connectivity index (χ1) is 10.3. The Bertz CT molecular complexity index is 777. The van der Waals surface area contributed by atoms with E-state index < -0.39 is 10.0 Å². The summed E-state index contributed by atoms with van der Waals surface area (Å²) in [5, 5.41) is 9.40. The van der Waals surface area contributed by atoms with Crippen LogP contribution in [0.1, 0.15) is 23.9 Å². The van der Waals surface area contributed by atoms with Crippen molar-refractivity contribution >= 4 is 21.6 Å². The van der Waals surface area contributed by atoms with Gasteiger partial charge in [-0.25, -0.2) is 13.1 Å². The highest BCUT2D eigenvalue weighted by atomic mass is 32.2. The van der Waals surface area contributed by atoms with E-state index in [-0.39, 0.29) is 17.3 Å². The standard InChI is InChI=1S/C14H18N4O3S/c1-9-14(10(2)18-17-9)8-15-22(20,21)13-6-4-5-12(7-13)16-11(3)19/h4-7,15H,8H2,1-3H3,(H,16,19)(H,17,18). The molecule has 7 nitrogen and oxygen atoms in total. The molecule has 8 heteroatoms. The minimum Gasteiger partial charge on any atom is -0.326 e. The van der Waals surface area contributed by atoms with Gasteiger partial charge in [-0.3, -0.25) is 9.89 Å². The summed E-state index contributed by atoms with van der Waals surface area (Å²) in [6, 6.07) is 6.10. The number of aromatic amines is 1. The molecule has 0 fully saturated rings. The average molecular weight is 322 g/mol. The maximum atomic E-state index is 12.3. The molecular weight excluding hydrogens is 304 g/mol. The summed E-state index contributed by atoms with van der Waals surface area (Å²) in [6.45, 7) is 5.16. The van der Waals surface area contributed by atoms with Crippen LogP contribution in [0.5, 0.6) is 0 Å². The van der Waals surface area contributed by atoms with E-state index in [4.69, 9.17) is 0 Å². The molecule has 0 atom stereocenters. The number of aryl methyl sites for hydroxylation is 2. The van der Waals surface area contributed by atoms with Crippen molar-refractivity contribution in [2.75, 3.05) is 5.32 Å². The van der Waals surface area contributed by atoms with E-state index in [1.807, 2.05) is 13.8 Å². The molecule has 0 bridgehead atoms. The topological polar surface area (TPSA) is 104 Å². The van der Waals surface area contributed by atoms with E-state index in [0.717, 1.165) is 17.0 Å². The molecule has 0 spiro atoms. The van der Waals surface area contributed by atoms with E-state index in [1.54, 1.807) is 12.1 Å². The predicted octanol–water partition coefficient (Wildman–Crippen LogP) is 1.46. The second-order valence-corrected chi connectivity index (χ2v) is 6.71. The summed E-state index contributed by atoms with van der Waals surface area (Å²) in [5.74, 6) is -0.257. The van der Waals surface area contributed by atoms with Crippen LogP contribution >= 0.6 is 0 Å². The van der Waals surface area contributed by atoms with Crippen molar-refractivity contribution in [1.29, 1.82) is 0 Å². The van der Waals surface area contributed by atoms with Crippen LogP contribution in [0.2, 0.25) is 0 Å².